The van der Waals surface area contributed by atoms with Crippen molar-refractivity contribution in [3.05, 3.63) is 120 Å². The average Bonchev–Trinajstić information content (AvgIpc) is 2.89. The van der Waals surface area contributed by atoms with Gasteiger partial charge in [-0.15, -0.1) is 0 Å². The fourth-order valence-electron chi connectivity index (χ4n) is 4.50. The zero-order valence-electron chi connectivity index (χ0n) is 19.4. The van der Waals surface area contributed by atoms with E-state index < -0.39 is 16.1 Å². The maximum atomic E-state index is 13.7. The minimum Gasteiger partial charge on any atom is -0.324 e. The second kappa shape index (κ2) is 9.49. The molecule has 176 valence electrons. The predicted molar refractivity (Wildman–Crippen MR) is 138 cm³/mol. The second-order valence-corrected chi connectivity index (χ2v) is 10.6. The van der Waals surface area contributed by atoms with Crippen LogP contribution < -0.4 is 5.32 Å². The summed E-state index contributed by atoms with van der Waals surface area (Å²) in [7, 11) is -3.90. The van der Waals surface area contributed by atoms with Gasteiger partial charge in [-0.3, -0.25) is 4.79 Å². The first-order valence-corrected chi connectivity index (χ1v) is 13.0. The zero-order valence-corrected chi connectivity index (χ0v) is 20.2. The molecular weight excluding hydrogens is 456 g/mol. The Bertz CT molecular complexity index is 1470. The largest absolute Gasteiger partial charge is 0.324 e. The number of sulfonamides is 1. The molecule has 1 atom stereocenters. The highest BCUT2D eigenvalue weighted by Crippen LogP contribution is 2.32. The number of benzene rings is 4. The van der Waals surface area contributed by atoms with Gasteiger partial charge in [0, 0.05) is 17.8 Å². The van der Waals surface area contributed by atoms with Crippen LogP contribution in [0.25, 0.3) is 11.1 Å². The Morgan fingerprint density at radius 1 is 0.800 bits per heavy atom. The van der Waals surface area contributed by atoms with E-state index in [1.165, 1.54) is 4.31 Å². The molecule has 1 unspecified atom stereocenters. The van der Waals surface area contributed by atoms with Crippen LogP contribution in [0.5, 0.6) is 0 Å². The van der Waals surface area contributed by atoms with E-state index in [1.54, 1.807) is 24.3 Å². The van der Waals surface area contributed by atoms with Gasteiger partial charge in [-0.25, -0.2) is 8.42 Å². The van der Waals surface area contributed by atoms with Gasteiger partial charge in [0.15, 0.2) is 0 Å². The number of carbonyl (C=O) groups excluding carboxylic acids is 1. The quantitative estimate of drug-likeness (QED) is 0.413. The predicted octanol–water partition coefficient (Wildman–Crippen LogP) is 5.42. The molecule has 6 heteroatoms. The van der Waals surface area contributed by atoms with Crippen molar-refractivity contribution in [3.63, 3.8) is 0 Å². The third kappa shape index (κ3) is 4.63. The lowest BCUT2D eigenvalue weighted by molar-refractivity contribution is -0.120. The molecule has 5 nitrogen and oxygen atoms in total. The van der Waals surface area contributed by atoms with Gasteiger partial charge in [0.05, 0.1) is 4.90 Å². The number of para-hydroxylation sites is 1. The van der Waals surface area contributed by atoms with Crippen LogP contribution in [-0.4, -0.2) is 24.7 Å². The molecule has 0 radical (unpaired) electrons. The van der Waals surface area contributed by atoms with Crippen molar-refractivity contribution >= 4 is 21.6 Å². The molecule has 0 saturated heterocycles. The van der Waals surface area contributed by atoms with Gasteiger partial charge in [-0.1, -0.05) is 90.5 Å². The molecule has 0 bridgehead atoms. The van der Waals surface area contributed by atoms with Gasteiger partial charge >= 0.3 is 0 Å². The summed E-state index contributed by atoms with van der Waals surface area (Å²) in [5.74, 6) is -0.349. The number of rotatable bonds is 5. The van der Waals surface area contributed by atoms with Gasteiger partial charge in [-0.2, -0.15) is 4.31 Å². The van der Waals surface area contributed by atoms with Crippen molar-refractivity contribution in [2.45, 2.75) is 30.8 Å². The van der Waals surface area contributed by atoms with Crippen LogP contribution >= 0.6 is 0 Å². The van der Waals surface area contributed by atoms with Crippen molar-refractivity contribution in [1.82, 2.24) is 4.31 Å². The molecule has 0 saturated carbocycles. The highest BCUT2D eigenvalue weighted by Gasteiger charge is 2.39. The summed E-state index contributed by atoms with van der Waals surface area (Å²) in [4.78, 5) is 13.9. The summed E-state index contributed by atoms with van der Waals surface area (Å²) < 4.78 is 28.8. The molecule has 1 N–H and O–H groups in total. The first-order chi connectivity index (χ1) is 16.9. The highest BCUT2D eigenvalue weighted by molar-refractivity contribution is 7.89. The van der Waals surface area contributed by atoms with Crippen LogP contribution in [0.15, 0.2) is 108 Å². The van der Waals surface area contributed by atoms with Crippen molar-refractivity contribution in [2.75, 3.05) is 5.32 Å². The van der Waals surface area contributed by atoms with E-state index in [1.807, 2.05) is 85.8 Å². The summed E-state index contributed by atoms with van der Waals surface area (Å²) in [5.41, 5.74) is 5.37. The SMILES string of the molecule is Cc1ccc(S(=O)(=O)N2Cc3ccccc3CC2C(=O)Nc2ccccc2-c2ccccc2)cc1. The Labute approximate surface area is 206 Å². The van der Waals surface area contributed by atoms with Crippen molar-refractivity contribution < 1.29 is 13.2 Å². The molecule has 1 aliphatic rings. The third-order valence-electron chi connectivity index (χ3n) is 6.41. The Kier molecular flexibility index (Phi) is 6.24. The van der Waals surface area contributed by atoms with Gasteiger partial charge in [0.2, 0.25) is 15.9 Å². The monoisotopic (exact) mass is 482 g/mol. The number of anilines is 1. The van der Waals surface area contributed by atoms with Gasteiger partial charge in [0.1, 0.15) is 6.04 Å². The Morgan fingerprint density at radius 2 is 1.43 bits per heavy atom. The number of carbonyl (C=O) groups is 1. The molecule has 4 aromatic carbocycles. The van der Waals surface area contributed by atoms with Crippen LogP contribution in [0, 0.1) is 6.92 Å². The van der Waals surface area contributed by atoms with E-state index in [2.05, 4.69) is 5.32 Å². The summed E-state index contributed by atoms with van der Waals surface area (Å²) >= 11 is 0. The number of amides is 1. The third-order valence-corrected chi connectivity index (χ3v) is 8.27. The van der Waals surface area contributed by atoms with E-state index >= 15 is 0 Å². The number of nitrogens with one attached hydrogen (secondary N) is 1. The average molecular weight is 483 g/mol. The second-order valence-electron chi connectivity index (χ2n) is 8.75. The van der Waals surface area contributed by atoms with Crippen LogP contribution in [-0.2, 0) is 27.8 Å². The molecule has 0 aliphatic carbocycles. The molecule has 1 amide bonds. The van der Waals surface area contributed by atoms with Gasteiger partial charge < -0.3 is 5.32 Å². The van der Waals surface area contributed by atoms with E-state index in [0.717, 1.165) is 27.8 Å². The Hall–Kier alpha value is -3.74. The normalized spacial score (nSPS) is 15.9. The van der Waals surface area contributed by atoms with Crippen LogP contribution in [0.2, 0.25) is 0 Å². The standard InChI is InChI=1S/C29H26N2O3S/c1-21-15-17-25(18-16-21)35(33,34)31-20-24-12-6-5-11-23(24)19-28(31)29(32)30-27-14-8-7-13-26(27)22-9-3-2-4-10-22/h2-18,28H,19-20H2,1H3,(H,30,32). The fourth-order valence-corrected chi connectivity index (χ4v) is 6.06. The Morgan fingerprint density at radius 3 is 2.17 bits per heavy atom. The minimum absolute atomic E-state index is 0.144. The lowest BCUT2D eigenvalue weighted by Crippen LogP contribution is -2.50. The molecule has 0 aromatic heterocycles. The van der Waals surface area contributed by atoms with E-state index in [0.29, 0.717) is 12.1 Å². The number of hydrogen-bond acceptors (Lipinski definition) is 3. The van der Waals surface area contributed by atoms with Crippen LogP contribution in [0.4, 0.5) is 5.69 Å². The minimum atomic E-state index is -3.90. The lowest BCUT2D eigenvalue weighted by Gasteiger charge is -2.35. The van der Waals surface area contributed by atoms with E-state index in [4.69, 9.17) is 0 Å². The number of nitrogens with zero attached hydrogens (tertiary/aromatic N) is 1. The van der Waals surface area contributed by atoms with Crippen molar-refractivity contribution in [1.29, 1.82) is 0 Å². The summed E-state index contributed by atoms with van der Waals surface area (Å²) in [6, 6.07) is 30.9. The first kappa shape index (κ1) is 23.0. The van der Waals surface area contributed by atoms with Crippen LogP contribution in [0.1, 0.15) is 16.7 Å². The zero-order chi connectivity index (χ0) is 24.4. The maximum Gasteiger partial charge on any atom is 0.244 e. The molecule has 1 aliphatic heterocycles. The van der Waals surface area contributed by atoms with E-state index in [9.17, 15) is 13.2 Å². The van der Waals surface area contributed by atoms with Crippen molar-refractivity contribution in [3.8, 4) is 11.1 Å². The molecule has 0 fully saturated rings. The summed E-state index contributed by atoms with van der Waals surface area (Å²) in [5, 5.41) is 3.03. The number of fused-ring (bicyclic) bond motifs is 1. The molecule has 5 rings (SSSR count). The summed E-state index contributed by atoms with van der Waals surface area (Å²) in [6.07, 6.45) is 0.306. The number of aryl methyl sites for hydroxylation is 1. The molecule has 35 heavy (non-hydrogen) atoms. The topological polar surface area (TPSA) is 66.5 Å². The van der Waals surface area contributed by atoms with Gasteiger partial charge in [0.25, 0.3) is 0 Å². The first-order valence-electron chi connectivity index (χ1n) is 11.5. The molecule has 4 aromatic rings. The van der Waals surface area contributed by atoms with Crippen LogP contribution in [0.3, 0.4) is 0 Å². The smallest absolute Gasteiger partial charge is 0.244 e. The van der Waals surface area contributed by atoms with E-state index in [-0.39, 0.29) is 17.3 Å². The fraction of sp³-hybridized carbons (Fsp3) is 0.138. The summed E-state index contributed by atoms with van der Waals surface area (Å²) in [6.45, 7) is 2.05. The maximum absolute atomic E-state index is 13.7. The lowest BCUT2D eigenvalue weighted by atomic mass is 9.95. The Balaban J connectivity index is 1.52. The van der Waals surface area contributed by atoms with Crippen molar-refractivity contribution in [2.24, 2.45) is 0 Å². The molecular formula is C29H26N2O3S. The molecule has 0 spiro atoms. The highest BCUT2D eigenvalue weighted by atomic mass is 32.2. The molecule has 1 heterocycles. The number of hydrogen-bond donors (Lipinski definition) is 1. The van der Waals surface area contributed by atoms with Gasteiger partial charge in [-0.05, 0) is 48.2 Å².